The summed E-state index contributed by atoms with van der Waals surface area (Å²) in [6.07, 6.45) is 1.59. The summed E-state index contributed by atoms with van der Waals surface area (Å²) in [5, 5.41) is 1.01. The van der Waals surface area contributed by atoms with Gasteiger partial charge in [-0.1, -0.05) is 42.5 Å². The molecule has 4 aromatic rings. The second kappa shape index (κ2) is 9.89. The molecule has 1 aliphatic heterocycles. The molecule has 8 nitrogen and oxygen atoms in total. The highest BCUT2D eigenvalue weighted by Gasteiger charge is 2.26. The standard InChI is InChI=1S/C27H27N5O3/c1-34-24-15-21(22(28)16-25(24)35-17-19-7-3-2-4-8-19)27(33)32-13-11-31(12-14-32)26-20-9-5-6-10-23(20)29-18-30-26/h2-10,15-16,18H,11-14,17,28H2,1H3. The highest BCUT2D eigenvalue weighted by molar-refractivity contribution is 6.00. The number of nitrogens with two attached hydrogens (primary N) is 1. The second-order valence-electron chi connectivity index (χ2n) is 8.36. The van der Waals surface area contributed by atoms with E-state index in [0.29, 0.717) is 55.5 Å². The Morgan fingerprint density at radius 3 is 2.46 bits per heavy atom. The number of anilines is 2. The van der Waals surface area contributed by atoms with Crippen molar-refractivity contribution in [2.75, 3.05) is 43.9 Å². The number of benzene rings is 3. The molecule has 5 rings (SSSR count). The summed E-state index contributed by atoms with van der Waals surface area (Å²) in [5.74, 6) is 1.75. The molecule has 0 atom stereocenters. The molecule has 35 heavy (non-hydrogen) atoms. The number of rotatable bonds is 6. The molecule has 1 aliphatic rings. The lowest BCUT2D eigenvalue weighted by molar-refractivity contribution is 0.0747. The van der Waals surface area contributed by atoms with Crippen LogP contribution in [0.15, 0.2) is 73.1 Å². The summed E-state index contributed by atoms with van der Waals surface area (Å²) in [7, 11) is 1.56. The number of nitrogen functional groups attached to an aromatic ring is 1. The van der Waals surface area contributed by atoms with Crippen LogP contribution in [0.4, 0.5) is 11.5 Å². The first kappa shape index (κ1) is 22.5. The topological polar surface area (TPSA) is 93.8 Å². The largest absolute Gasteiger partial charge is 0.493 e. The summed E-state index contributed by atoms with van der Waals surface area (Å²) in [6.45, 7) is 2.84. The maximum Gasteiger partial charge on any atom is 0.256 e. The molecule has 0 aliphatic carbocycles. The zero-order chi connectivity index (χ0) is 24.2. The van der Waals surface area contributed by atoms with Gasteiger partial charge in [-0.3, -0.25) is 4.79 Å². The third-order valence-electron chi connectivity index (χ3n) is 6.19. The summed E-state index contributed by atoms with van der Waals surface area (Å²) in [4.78, 5) is 26.2. The zero-order valence-electron chi connectivity index (χ0n) is 19.6. The number of piperazine rings is 1. The number of nitrogens with zero attached hydrogens (tertiary/aromatic N) is 4. The Balaban J connectivity index is 1.29. The average molecular weight is 470 g/mol. The number of aromatic nitrogens is 2. The summed E-state index contributed by atoms with van der Waals surface area (Å²) < 4.78 is 11.4. The van der Waals surface area contributed by atoms with Crippen molar-refractivity contribution < 1.29 is 14.3 Å². The summed E-state index contributed by atoms with van der Waals surface area (Å²) in [5.41, 5.74) is 9.01. The maximum atomic E-state index is 13.3. The Morgan fingerprint density at radius 2 is 1.69 bits per heavy atom. The van der Waals surface area contributed by atoms with Crippen LogP contribution in [0, 0.1) is 0 Å². The van der Waals surface area contributed by atoms with Gasteiger partial charge in [0.2, 0.25) is 0 Å². The molecule has 0 spiro atoms. The quantitative estimate of drug-likeness (QED) is 0.430. The Hall–Kier alpha value is -4.33. The van der Waals surface area contributed by atoms with Crippen molar-refractivity contribution in [3.63, 3.8) is 0 Å². The summed E-state index contributed by atoms with van der Waals surface area (Å²) in [6, 6.07) is 21.1. The zero-order valence-corrected chi connectivity index (χ0v) is 19.6. The number of carbonyl (C=O) groups excluding carboxylic acids is 1. The van der Waals surface area contributed by atoms with Crippen LogP contribution in [0.5, 0.6) is 11.5 Å². The SMILES string of the molecule is COc1cc(C(=O)N2CCN(c3ncnc4ccccc34)CC2)c(N)cc1OCc1ccccc1. The normalized spacial score (nSPS) is 13.6. The van der Waals surface area contributed by atoms with Gasteiger partial charge >= 0.3 is 0 Å². The predicted molar refractivity (Wildman–Crippen MR) is 136 cm³/mol. The lowest BCUT2D eigenvalue weighted by Gasteiger charge is -2.36. The van der Waals surface area contributed by atoms with E-state index in [0.717, 1.165) is 22.3 Å². The van der Waals surface area contributed by atoms with Crippen LogP contribution in [0.3, 0.4) is 0 Å². The van der Waals surface area contributed by atoms with Gasteiger partial charge in [-0.25, -0.2) is 9.97 Å². The third kappa shape index (κ3) is 4.68. The van der Waals surface area contributed by atoms with E-state index in [-0.39, 0.29) is 5.91 Å². The minimum absolute atomic E-state index is 0.123. The lowest BCUT2D eigenvalue weighted by atomic mass is 10.1. The lowest BCUT2D eigenvalue weighted by Crippen LogP contribution is -2.49. The molecule has 3 aromatic carbocycles. The van der Waals surface area contributed by atoms with Crippen LogP contribution < -0.4 is 20.1 Å². The highest BCUT2D eigenvalue weighted by atomic mass is 16.5. The third-order valence-corrected chi connectivity index (χ3v) is 6.19. The molecule has 1 fully saturated rings. The fourth-order valence-electron chi connectivity index (χ4n) is 4.30. The Morgan fingerprint density at radius 1 is 0.943 bits per heavy atom. The van der Waals surface area contributed by atoms with Gasteiger partial charge in [0.25, 0.3) is 5.91 Å². The molecule has 1 saturated heterocycles. The van der Waals surface area contributed by atoms with E-state index in [2.05, 4.69) is 14.9 Å². The molecule has 2 N–H and O–H groups in total. The number of methoxy groups -OCH3 is 1. The monoisotopic (exact) mass is 469 g/mol. The van der Waals surface area contributed by atoms with Crippen LogP contribution in [-0.4, -0.2) is 54.1 Å². The molecule has 2 heterocycles. The molecule has 0 unspecified atom stereocenters. The van der Waals surface area contributed by atoms with E-state index in [1.165, 1.54) is 0 Å². The van der Waals surface area contributed by atoms with Gasteiger partial charge in [0.1, 0.15) is 18.8 Å². The molecule has 8 heteroatoms. The minimum atomic E-state index is -0.123. The molecule has 0 radical (unpaired) electrons. The number of fused-ring (bicyclic) bond motifs is 1. The molecule has 1 aromatic heterocycles. The van der Waals surface area contributed by atoms with Gasteiger partial charge in [-0.15, -0.1) is 0 Å². The first-order valence-electron chi connectivity index (χ1n) is 11.5. The maximum absolute atomic E-state index is 13.3. The number of hydrogen-bond acceptors (Lipinski definition) is 7. The molecule has 1 amide bonds. The number of hydrogen-bond donors (Lipinski definition) is 1. The van der Waals surface area contributed by atoms with Gasteiger partial charge in [0, 0.05) is 43.3 Å². The molecular weight excluding hydrogens is 442 g/mol. The number of para-hydroxylation sites is 1. The van der Waals surface area contributed by atoms with Gasteiger partial charge in [0.15, 0.2) is 11.5 Å². The number of ether oxygens (including phenoxy) is 2. The Labute approximate surface area is 203 Å². The van der Waals surface area contributed by atoms with Gasteiger partial charge < -0.3 is 25.0 Å². The molecule has 0 saturated carbocycles. The predicted octanol–water partition coefficient (Wildman–Crippen LogP) is 3.76. The van der Waals surface area contributed by atoms with Crippen LogP contribution in [0.1, 0.15) is 15.9 Å². The van der Waals surface area contributed by atoms with E-state index in [9.17, 15) is 4.79 Å². The van der Waals surface area contributed by atoms with E-state index < -0.39 is 0 Å². The van der Waals surface area contributed by atoms with Crippen molar-refractivity contribution in [3.05, 3.63) is 84.2 Å². The molecular formula is C27H27N5O3. The number of amides is 1. The van der Waals surface area contributed by atoms with Crippen LogP contribution >= 0.6 is 0 Å². The van der Waals surface area contributed by atoms with Crippen molar-refractivity contribution in [2.45, 2.75) is 6.61 Å². The van der Waals surface area contributed by atoms with Crippen molar-refractivity contribution in [3.8, 4) is 11.5 Å². The average Bonchev–Trinajstić information content (AvgIpc) is 2.92. The first-order valence-corrected chi connectivity index (χ1v) is 11.5. The smallest absolute Gasteiger partial charge is 0.256 e. The van der Waals surface area contributed by atoms with Crippen LogP contribution in [-0.2, 0) is 6.61 Å². The molecule has 0 bridgehead atoms. The fraction of sp³-hybridized carbons (Fsp3) is 0.222. The van der Waals surface area contributed by atoms with E-state index >= 15 is 0 Å². The van der Waals surface area contributed by atoms with E-state index in [1.54, 1.807) is 25.6 Å². The fourth-order valence-corrected chi connectivity index (χ4v) is 4.30. The van der Waals surface area contributed by atoms with Gasteiger partial charge in [-0.2, -0.15) is 0 Å². The van der Waals surface area contributed by atoms with Crippen molar-refractivity contribution in [1.29, 1.82) is 0 Å². The Bertz CT molecular complexity index is 1330. The highest BCUT2D eigenvalue weighted by Crippen LogP contribution is 2.34. The second-order valence-corrected chi connectivity index (χ2v) is 8.36. The minimum Gasteiger partial charge on any atom is -0.493 e. The van der Waals surface area contributed by atoms with Crippen molar-refractivity contribution in [1.82, 2.24) is 14.9 Å². The van der Waals surface area contributed by atoms with Crippen LogP contribution in [0.25, 0.3) is 10.9 Å². The number of carbonyl (C=O) groups is 1. The molecule has 178 valence electrons. The summed E-state index contributed by atoms with van der Waals surface area (Å²) >= 11 is 0. The van der Waals surface area contributed by atoms with Gasteiger partial charge in [0.05, 0.1) is 18.2 Å². The van der Waals surface area contributed by atoms with E-state index in [1.807, 2.05) is 59.5 Å². The Kier molecular flexibility index (Phi) is 6.34. The van der Waals surface area contributed by atoms with Crippen LogP contribution in [0.2, 0.25) is 0 Å². The first-order chi connectivity index (χ1) is 17.1. The van der Waals surface area contributed by atoms with Crippen molar-refractivity contribution >= 4 is 28.3 Å². The van der Waals surface area contributed by atoms with Crippen molar-refractivity contribution in [2.24, 2.45) is 0 Å². The van der Waals surface area contributed by atoms with E-state index in [4.69, 9.17) is 15.2 Å². The van der Waals surface area contributed by atoms with Gasteiger partial charge in [-0.05, 0) is 23.8 Å².